The Balaban J connectivity index is 0.000000288. The van der Waals surface area contributed by atoms with Gasteiger partial charge in [0, 0.05) is 90.6 Å². The number of aryl methyl sites for hydroxylation is 2. The molecule has 2 N–H and O–H groups in total. The lowest BCUT2D eigenvalue weighted by atomic mass is 9.85. The maximum Gasteiger partial charge on any atom is 0.425 e. The number of ether oxygens (including phenoxy) is 2. The molecule has 2 aromatic rings. The van der Waals surface area contributed by atoms with Crippen molar-refractivity contribution in [1.82, 2.24) is 24.5 Å². The van der Waals surface area contributed by atoms with Crippen LogP contribution in [0.3, 0.4) is 0 Å². The van der Waals surface area contributed by atoms with E-state index in [9.17, 15) is 45.5 Å². The van der Waals surface area contributed by atoms with Crippen LogP contribution in [-0.2, 0) is 32.2 Å². The first kappa shape index (κ1) is 54.8. The number of hydrogen-bond acceptors (Lipinski definition) is 10. The zero-order chi connectivity index (χ0) is 48.3. The van der Waals surface area contributed by atoms with Gasteiger partial charge in [-0.3, -0.25) is 24.3 Å². The lowest BCUT2D eigenvalue weighted by molar-refractivity contribution is -0.200. The molecular formula is C47H68F6N6O8. The first-order valence-corrected chi connectivity index (χ1v) is 22.6. The highest BCUT2D eigenvalue weighted by atomic mass is 19.4. The van der Waals surface area contributed by atoms with Crippen molar-refractivity contribution < 1.29 is 65.2 Å². The molecule has 0 spiro atoms. The van der Waals surface area contributed by atoms with E-state index in [1.807, 2.05) is 11.8 Å². The molecule has 0 radical (unpaired) electrons. The summed E-state index contributed by atoms with van der Waals surface area (Å²) in [6.45, 7) is 13.8. The lowest BCUT2D eigenvalue weighted by Gasteiger charge is -2.37. The summed E-state index contributed by atoms with van der Waals surface area (Å²) in [5.41, 5.74) is 7.11. The summed E-state index contributed by atoms with van der Waals surface area (Å²) < 4.78 is 85.0. The van der Waals surface area contributed by atoms with Crippen LogP contribution in [0.4, 0.5) is 41.6 Å². The van der Waals surface area contributed by atoms with Gasteiger partial charge in [0.1, 0.15) is 0 Å². The van der Waals surface area contributed by atoms with E-state index in [4.69, 9.17) is 10.2 Å². The predicted octanol–water partition coefficient (Wildman–Crippen LogP) is 7.99. The molecule has 4 saturated heterocycles. The molecule has 6 rings (SSSR count). The minimum Gasteiger partial charge on any atom is -0.481 e. The number of hydrogen-bond donors (Lipinski definition) is 2. The summed E-state index contributed by atoms with van der Waals surface area (Å²) in [7, 11) is 0. The molecule has 2 aromatic carbocycles. The van der Waals surface area contributed by atoms with E-state index in [1.54, 1.807) is 0 Å². The minimum atomic E-state index is -4.57. The van der Waals surface area contributed by atoms with Gasteiger partial charge in [0.15, 0.2) is 12.2 Å². The van der Waals surface area contributed by atoms with Crippen LogP contribution >= 0.6 is 0 Å². The van der Waals surface area contributed by atoms with Crippen molar-refractivity contribution in [2.24, 2.45) is 5.92 Å². The van der Waals surface area contributed by atoms with Crippen LogP contribution in [-0.4, -0.2) is 168 Å². The van der Waals surface area contributed by atoms with Gasteiger partial charge in [-0.1, -0.05) is 43.3 Å². The average Bonchev–Trinajstić information content (AvgIpc) is 3.25. The topological polar surface area (TPSA) is 147 Å². The fourth-order valence-corrected chi connectivity index (χ4v) is 8.80. The van der Waals surface area contributed by atoms with Crippen LogP contribution in [0.5, 0.6) is 0 Å². The SMILES string of the molecule is C.Cc1ccc(CN2CCN(C(=O)OC(C)C(F)(F)F)CC2)c(C2CCN(CC(=O)O)CC2)c1.Cc1ccc(CN2CCN(C(=O)OC(C)C(F)(F)F)CC2)c(N2CCC(CC(=O)O)CC2)c1. The Bertz CT molecular complexity index is 1800. The van der Waals surface area contributed by atoms with Crippen LogP contribution in [0.15, 0.2) is 36.4 Å². The number of nitrogens with zero attached hydrogens (tertiary/aromatic N) is 6. The second-order valence-electron chi connectivity index (χ2n) is 18.0. The van der Waals surface area contributed by atoms with Crippen molar-refractivity contribution in [2.45, 2.75) is 111 Å². The summed E-state index contributed by atoms with van der Waals surface area (Å²) in [5.74, 6) is -0.980. The minimum absolute atomic E-state index is 0. The van der Waals surface area contributed by atoms with Crippen molar-refractivity contribution in [3.63, 3.8) is 0 Å². The molecule has 4 heterocycles. The number of anilines is 1. The highest BCUT2D eigenvalue weighted by Crippen LogP contribution is 2.33. The van der Waals surface area contributed by atoms with E-state index < -0.39 is 48.7 Å². The van der Waals surface area contributed by atoms with Crippen molar-refractivity contribution in [3.8, 4) is 0 Å². The second kappa shape index (κ2) is 24.5. The fourth-order valence-electron chi connectivity index (χ4n) is 8.80. The van der Waals surface area contributed by atoms with Gasteiger partial charge < -0.3 is 34.4 Å². The number of amides is 2. The number of halogens is 6. The largest absolute Gasteiger partial charge is 0.481 e. The summed E-state index contributed by atoms with van der Waals surface area (Å²) in [6.07, 6.45) is -11.5. The Labute approximate surface area is 389 Å². The standard InChI is InChI=1S/2C23H32F3N3O4.CH4/c1-16-3-4-19(20(13-16)18-5-7-27(8-6-18)15-21(30)31)14-28-9-11-29(12-10-28)22(32)33-17(2)23(24,25)26;1-16-3-4-19(20(13-16)28-7-5-18(6-8-28)14-21(30)31)15-27-9-11-29(12-10-27)22(32)33-17(2)23(24,25)26;/h2*3-4,13,17-18H,5-12,14-15H2,1-2H3,(H,30,31);1H4. The molecule has 67 heavy (non-hydrogen) atoms. The van der Waals surface area contributed by atoms with Crippen LogP contribution in [0.25, 0.3) is 0 Å². The maximum atomic E-state index is 12.6. The van der Waals surface area contributed by atoms with Crippen molar-refractivity contribution >= 4 is 29.8 Å². The Hall–Kier alpha value is -4.82. The molecule has 4 aliphatic rings. The number of aliphatic carboxylic acids is 2. The van der Waals surface area contributed by atoms with Gasteiger partial charge in [-0.25, -0.2) is 9.59 Å². The number of benzene rings is 2. The van der Waals surface area contributed by atoms with E-state index in [-0.39, 0.29) is 26.3 Å². The van der Waals surface area contributed by atoms with Gasteiger partial charge in [0.2, 0.25) is 0 Å². The monoisotopic (exact) mass is 959 g/mol. The van der Waals surface area contributed by atoms with E-state index >= 15 is 0 Å². The van der Waals surface area contributed by atoms with E-state index in [2.05, 4.69) is 67.5 Å². The van der Waals surface area contributed by atoms with Crippen LogP contribution < -0.4 is 4.90 Å². The number of carbonyl (C=O) groups excluding carboxylic acids is 2. The first-order valence-electron chi connectivity index (χ1n) is 22.6. The van der Waals surface area contributed by atoms with Crippen LogP contribution in [0.1, 0.15) is 87.1 Å². The number of alkyl halides is 6. The Morgan fingerprint density at radius 2 is 1.06 bits per heavy atom. The predicted molar refractivity (Wildman–Crippen MR) is 240 cm³/mol. The number of rotatable bonds is 12. The lowest BCUT2D eigenvalue weighted by Crippen LogP contribution is -2.49. The molecule has 2 atom stereocenters. The highest BCUT2D eigenvalue weighted by Gasteiger charge is 2.41. The average molecular weight is 959 g/mol. The highest BCUT2D eigenvalue weighted by molar-refractivity contribution is 5.69. The molecule has 2 amide bonds. The summed E-state index contributed by atoms with van der Waals surface area (Å²) in [4.78, 5) is 57.4. The molecule has 14 nitrogen and oxygen atoms in total. The second-order valence-corrected chi connectivity index (χ2v) is 18.0. The summed E-state index contributed by atoms with van der Waals surface area (Å²) in [5, 5.41) is 18.1. The number of likely N-dealkylation sites (tertiary alicyclic amines) is 1. The molecule has 0 saturated carbocycles. The van der Waals surface area contributed by atoms with Crippen molar-refractivity contribution in [2.75, 3.05) is 90.0 Å². The third-order valence-corrected chi connectivity index (χ3v) is 12.9. The van der Waals surface area contributed by atoms with Crippen LogP contribution in [0.2, 0.25) is 0 Å². The third-order valence-electron chi connectivity index (χ3n) is 12.9. The Morgan fingerprint density at radius 3 is 1.51 bits per heavy atom. The molecule has 376 valence electrons. The molecule has 20 heteroatoms. The van der Waals surface area contributed by atoms with E-state index in [0.717, 1.165) is 82.5 Å². The molecule has 0 aromatic heterocycles. The number of carbonyl (C=O) groups is 4. The Kier molecular flexibility index (Phi) is 20.0. The molecule has 2 unspecified atom stereocenters. The normalized spacial score (nSPS) is 19.4. The molecular weight excluding hydrogens is 891 g/mol. The smallest absolute Gasteiger partial charge is 0.425 e. The summed E-state index contributed by atoms with van der Waals surface area (Å²) >= 11 is 0. The molecule has 0 bridgehead atoms. The van der Waals surface area contributed by atoms with Gasteiger partial charge in [0.25, 0.3) is 0 Å². The van der Waals surface area contributed by atoms with Crippen LogP contribution in [0, 0.1) is 19.8 Å². The number of piperidine rings is 2. The first-order chi connectivity index (χ1) is 31.0. The third kappa shape index (κ3) is 16.7. The Morgan fingerprint density at radius 1 is 0.612 bits per heavy atom. The zero-order valence-electron chi connectivity index (χ0n) is 38.2. The van der Waals surface area contributed by atoms with Crippen molar-refractivity contribution in [1.29, 1.82) is 0 Å². The van der Waals surface area contributed by atoms with Gasteiger partial charge in [-0.2, -0.15) is 26.3 Å². The number of carboxylic acid groups (broad SMARTS) is 2. The van der Waals surface area contributed by atoms with Crippen molar-refractivity contribution in [3.05, 3.63) is 64.2 Å². The van der Waals surface area contributed by atoms with E-state index in [0.29, 0.717) is 71.4 Å². The molecule has 0 aliphatic carbocycles. The maximum absolute atomic E-state index is 12.6. The van der Waals surface area contributed by atoms with E-state index in [1.165, 1.54) is 26.5 Å². The molecule has 4 fully saturated rings. The number of carboxylic acids is 2. The molecule has 4 aliphatic heterocycles. The zero-order valence-corrected chi connectivity index (χ0v) is 38.2. The quantitative estimate of drug-likeness (QED) is 0.199. The van der Waals surface area contributed by atoms with Gasteiger partial charge >= 0.3 is 36.5 Å². The summed E-state index contributed by atoms with van der Waals surface area (Å²) in [6, 6.07) is 12.7. The van der Waals surface area contributed by atoms with Gasteiger partial charge in [-0.05, 0) is 107 Å². The van der Waals surface area contributed by atoms with Gasteiger partial charge in [0.05, 0.1) is 6.54 Å². The number of piperazine rings is 2. The fraction of sp³-hybridized carbons (Fsp3) is 0.660. The van der Waals surface area contributed by atoms with Gasteiger partial charge in [-0.15, -0.1) is 0 Å².